The van der Waals surface area contributed by atoms with E-state index in [0.29, 0.717) is 23.8 Å². The summed E-state index contributed by atoms with van der Waals surface area (Å²) < 4.78 is 5.83. The van der Waals surface area contributed by atoms with Crippen molar-refractivity contribution in [2.75, 3.05) is 6.61 Å². The number of hydrogen-bond acceptors (Lipinski definition) is 5. The maximum Gasteiger partial charge on any atom is 0.295 e. The maximum absolute atomic E-state index is 13.4. The molecular weight excluding hydrogens is 476 g/mol. The summed E-state index contributed by atoms with van der Waals surface area (Å²) in [7, 11) is 0. The molecule has 4 rings (SSSR count). The van der Waals surface area contributed by atoms with Gasteiger partial charge in [0.05, 0.1) is 18.2 Å². The summed E-state index contributed by atoms with van der Waals surface area (Å²) in [5.74, 6) is -0.455. The molecular formula is C32H36N2O4. The molecule has 0 radical (unpaired) electrons. The number of ether oxygens (including phenoxy) is 1. The Hall–Kier alpha value is -3.93. The summed E-state index contributed by atoms with van der Waals surface area (Å²) in [6.45, 7) is 13.2. The van der Waals surface area contributed by atoms with Gasteiger partial charge in [-0.3, -0.25) is 14.6 Å². The first-order valence-corrected chi connectivity index (χ1v) is 13.0. The predicted octanol–water partition coefficient (Wildman–Crippen LogP) is 6.34. The Morgan fingerprint density at radius 3 is 2.37 bits per heavy atom. The molecule has 1 aliphatic heterocycles. The van der Waals surface area contributed by atoms with Gasteiger partial charge in [0, 0.05) is 24.5 Å². The number of aliphatic hydroxyl groups excluding tert-OH is 1. The highest BCUT2D eigenvalue weighted by molar-refractivity contribution is 6.46. The zero-order valence-corrected chi connectivity index (χ0v) is 23.0. The van der Waals surface area contributed by atoms with E-state index in [1.807, 2.05) is 43.3 Å². The molecule has 1 aliphatic rings. The number of aromatic nitrogens is 1. The van der Waals surface area contributed by atoms with Crippen molar-refractivity contribution in [2.24, 2.45) is 5.92 Å². The molecule has 3 aromatic rings. The highest BCUT2D eigenvalue weighted by Gasteiger charge is 2.46. The molecule has 6 heteroatoms. The van der Waals surface area contributed by atoms with E-state index >= 15 is 0 Å². The Morgan fingerprint density at radius 2 is 1.79 bits per heavy atom. The van der Waals surface area contributed by atoms with Crippen molar-refractivity contribution in [3.8, 4) is 5.75 Å². The molecule has 2 heterocycles. The van der Waals surface area contributed by atoms with Crippen LogP contribution in [0.3, 0.4) is 0 Å². The van der Waals surface area contributed by atoms with Crippen LogP contribution in [-0.2, 0) is 21.5 Å². The number of pyridine rings is 1. The van der Waals surface area contributed by atoms with Crippen LogP contribution in [-0.4, -0.2) is 33.3 Å². The van der Waals surface area contributed by atoms with Gasteiger partial charge >= 0.3 is 0 Å². The Morgan fingerprint density at radius 1 is 1.08 bits per heavy atom. The minimum atomic E-state index is -0.736. The quantitative estimate of drug-likeness (QED) is 0.227. The molecule has 198 valence electrons. The third-order valence-electron chi connectivity index (χ3n) is 6.74. The van der Waals surface area contributed by atoms with Gasteiger partial charge in [-0.2, -0.15) is 0 Å². The molecule has 6 nitrogen and oxygen atoms in total. The van der Waals surface area contributed by atoms with Crippen LogP contribution in [0.5, 0.6) is 5.75 Å². The van der Waals surface area contributed by atoms with Crippen LogP contribution >= 0.6 is 0 Å². The van der Waals surface area contributed by atoms with E-state index in [2.05, 4.69) is 39.6 Å². The number of likely N-dealkylation sites (tertiary alicyclic amines) is 1. The first-order chi connectivity index (χ1) is 18.0. The number of nitrogens with zero attached hydrogens (tertiary/aromatic N) is 2. The van der Waals surface area contributed by atoms with Crippen molar-refractivity contribution >= 4 is 17.4 Å². The first kappa shape index (κ1) is 27.1. The molecule has 1 fully saturated rings. The van der Waals surface area contributed by atoms with Crippen molar-refractivity contribution < 1.29 is 19.4 Å². The normalized spacial score (nSPS) is 17.3. The first-order valence-electron chi connectivity index (χ1n) is 13.0. The van der Waals surface area contributed by atoms with Crippen LogP contribution in [0.4, 0.5) is 0 Å². The van der Waals surface area contributed by atoms with E-state index in [9.17, 15) is 14.7 Å². The average molecular weight is 513 g/mol. The lowest BCUT2D eigenvalue weighted by Crippen LogP contribution is -2.29. The number of aliphatic hydroxyl groups is 1. The summed E-state index contributed by atoms with van der Waals surface area (Å²) in [5, 5.41) is 11.5. The number of carbonyl (C=O) groups is 2. The Balaban J connectivity index is 1.81. The van der Waals surface area contributed by atoms with Gasteiger partial charge in [0.1, 0.15) is 11.5 Å². The van der Waals surface area contributed by atoms with Crippen LogP contribution in [0.25, 0.3) is 5.76 Å². The van der Waals surface area contributed by atoms with Crippen molar-refractivity contribution in [2.45, 2.75) is 59.5 Å². The highest BCUT2D eigenvalue weighted by atomic mass is 16.5. The number of rotatable bonds is 7. The molecule has 1 amide bonds. The molecule has 0 unspecified atom stereocenters. The Bertz CT molecular complexity index is 1350. The van der Waals surface area contributed by atoms with Crippen molar-refractivity contribution in [3.63, 3.8) is 0 Å². The number of amides is 1. The lowest BCUT2D eigenvalue weighted by Gasteiger charge is -2.26. The van der Waals surface area contributed by atoms with Crippen molar-refractivity contribution in [1.29, 1.82) is 0 Å². The molecule has 0 aliphatic carbocycles. The third-order valence-corrected chi connectivity index (χ3v) is 6.74. The van der Waals surface area contributed by atoms with Crippen LogP contribution in [0.15, 0.2) is 72.6 Å². The summed E-state index contributed by atoms with van der Waals surface area (Å²) in [6.07, 6.45) is 3.34. The minimum absolute atomic E-state index is 0.0491. The molecule has 2 aromatic carbocycles. The van der Waals surface area contributed by atoms with Gasteiger partial charge in [0.25, 0.3) is 11.7 Å². The maximum atomic E-state index is 13.4. The van der Waals surface area contributed by atoms with Crippen LogP contribution in [0.1, 0.15) is 68.5 Å². The van der Waals surface area contributed by atoms with E-state index in [1.165, 1.54) is 4.90 Å². The van der Waals surface area contributed by atoms with Gasteiger partial charge in [-0.25, -0.2) is 0 Å². The van der Waals surface area contributed by atoms with Gasteiger partial charge in [0.15, 0.2) is 0 Å². The van der Waals surface area contributed by atoms with Crippen LogP contribution in [0.2, 0.25) is 0 Å². The Kier molecular flexibility index (Phi) is 7.72. The van der Waals surface area contributed by atoms with Gasteiger partial charge in [-0.1, -0.05) is 65.0 Å². The summed E-state index contributed by atoms with van der Waals surface area (Å²) in [5.41, 5.74) is 3.99. The number of ketones is 1. The summed E-state index contributed by atoms with van der Waals surface area (Å²) in [4.78, 5) is 32.5. The number of carbonyl (C=O) groups excluding carboxylic acids is 2. The van der Waals surface area contributed by atoms with Gasteiger partial charge < -0.3 is 14.7 Å². The van der Waals surface area contributed by atoms with E-state index in [4.69, 9.17) is 4.74 Å². The number of aryl methyl sites for hydroxylation is 1. The van der Waals surface area contributed by atoms with Gasteiger partial charge in [-0.15, -0.1) is 0 Å². The molecule has 1 aromatic heterocycles. The molecule has 1 atom stereocenters. The van der Waals surface area contributed by atoms with Gasteiger partial charge in [-0.05, 0) is 64.8 Å². The van der Waals surface area contributed by atoms with Crippen LogP contribution < -0.4 is 4.74 Å². The molecule has 0 spiro atoms. The molecule has 1 N–H and O–H groups in total. The topological polar surface area (TPSA) is 79.7 Å². The van der Waals surface area contributed by atoms with E-state index in [1.54, 1.807) is 30.6 Å². The fourth-order valence-corrected chi connectivity index (χ4v) is 4.64. The van der Waals surface area contributed by atoms with E-state index in [-0.39, 0.29) is 23.3 Å². The van der Waals surface area contributed by atoms with E-state index < -0.39 is 17.7 Å². The largest absolute Gasteiger partial charge is 0.507 e. The summed E-state index contributed by atoms with van der Waals surface area (Å²) >= 11 is 0. The van der Waals surface area contributed by atoms with Gasteiger partial charge in [0.2, 0.25) is 0 Å². The second-order valence-electron chi connectivity index (χ2n) is 11.3. The fourth-order valence-electron chi connectivity index (χ4n) is 4.64. The van der Waals surface area contributed by atoms with Crippen molar-refractivity contribution in [3.05, 3.63) is 100 Å². The lowest BCUT2D eigenvalue weighted by atomic mass is 9.85. The highest BCUT2D eigenvalue weighted by Crippen LogP contribution is 2.41. The molecule has 0 saturated carbocycles. The van der Waals surface area contributed by atoms with E-state index in [0.717, 1.165) is 22.3 Å². The zero-order valence-electron chi connectivity index (χ0n) is 23.0. The monoisotopic (exact) mass is 512 g/mol. The second kappa shape index (κ2) is 10.8. The lowest BCUT2D eigenvalue weighted by molar-refractivity contribution is -0.140. The number of Topliss-reactive ketones (excluding diaryl/α,β-unsaturated/α-hetero) is 1. The SMILES string of the molecule is Cc1cc(OCC(C)C)ccc1C(O)=C1C(=O)C(=O)N(Cc2cccnc2)[C@H]1c1ccc(C(C)(C)C)cc1. The smallest absolute Gasteiger partial charge is 0.295 e. The summed E-state index contributed by atoms with van der Waals surface area (Å²) in [6, 6.07) is 16.2. The number of hydrogen-bond donors (Lipinski definition) is 1. The number of benzene rings is 2. The minimum Gasteiger partial charge on any atom is -0.507 e. The van der Waals surface area contributed by atoms with Crippen LogP contribution in [0, 0.1) is 12.8 Å². The predicted molar refractivity (Wildman–Crippen MR) is 149 cm³/mol. The standard InChI is InChI=1S/C32H36N2O4/c1-20(2)19-38-25-13-14-26(21(3)16-25)29(35)27-28(23-9-11-24(12-10-23)32(4,5)6)34(31(37)30(27)36)18-22-8-7-15-33-17-22/h7-17,20,28,35H,18-19H2,1-6H3/t28-/m0/s1. The third kappa shape index (κ3) is 5.64. The van der Waals surface area contributed by atoms with Crippen molar-refractivity contribution in [1.82, 2.24) is 9.88 Å². The zero-order chi connectivity index (χ0) is 27.6. The average Bonchev–Trinajstić information content (AvgIpc) is 3.12. The second-order valence-corrected chi connectivity index (χ2v) is 11.3. The molecule has 1 saturated heterocycles. The molecule has 38 heavy (non-hydrogen) atoms. The molecule has 0 bridgehead atoms. The Labute approximate surface area is 225 Å². The fraction of sp³-hybridized carbons (Fsp3) is 0.344.